The minimum atomic E-state index is -0.0151. The van der Waals surface area contributed by atoms with Crippen LogP contribution in [-0.4, -0.2) is 47.5 Å². The van der Waals surface area contributed by atoms with Gasteiger partial charge in [-0.2, -0.15) is 0 Å². The number of hydrogen-bond acceptors (Lipinski definition) is 8. The first kappa shape index (κ1) is 18.3. The summed E-state index contributed by atoms with van der Waals surface area (Å²) in [7, 11) is 4.82. The van der Waals surface area contributed by atoms with Crippen molar-refractivity contribution < 1.29 is 18.9 Å². The summed E-state index contributed by atoms with van der Waals surface area (Å²) in [5, 5.41) is 3.33. The third-order valence-corrected chi connectivity index (χ3v) is 4.81. The van der Waals surface area contributed by atoms with Gasteiger partial charge in [0, 0.05) is 24.8 Å². The molecule has 0 bridgehead atoms. The maximum atomic E-state index is 5.75. The molecule has 2 aromatic heterocycles. The number of nitrogens with one attached hydrogen (secondary N) is 1. The van der Waals surface area contributed by atoms with Crippen LogP contribution in [-0.2, 0) is 11.3 Å². The third kappa shape index (κ3) is 3.29. The maximum Gasteiger partial charge on any atom is 0.167 e. The molecule has 9 nitrogen and oxygen atoms in total. The highest BCUT2D eigenvalue weighted by molar-refractivity contribution is 5.82. The van der Waals surface area contributed by atoms with Crippen molar-refractivity contribution in [1.82, 2.24) is 19.5 Å². The molecule has 1 atom stereocenters. The number of methoxy groups -OCH3 is 3. The SMILES string of the molecule is COc1cc(OC)c(OC)cc1CNc1ncnc2c1ncn2C1CCCO1. The predicted molar refractivity (Wildman–Crippen MR) is 103 cm³/mol. The molecule has 9 heteroatoms. The van der Waals surface area contributed by atoms with Gasteiger partial charge < -0.3 is 24.3 Å². The smallest absolute Gasteiger partial charge is 0.167 e. The fourth-order valence-electron chi connectivity index (χ4n) is 3.38. The van der Waals surface area contributed by atoms with E-state index >= 15 is 0 Å². The number of rotatable bonds is 7. The van der Waals surface area contributed by atoms with E-state index in [9.17, 15) is 0 Å². The molecule has 148 valence electrons. The number of fused-ring (bicyclic) bond motifs is 1. The lowest BCUT2D eigenvalue weighted by molar-refractivity contribution is 0.0593. The zero-order chi connectivity index (χ0) is 19.5. The molecule has 1 aliphatic rings. The van der Waals surface area contributed by atoms with Crippen molar-refractivity contribution in [2.24, 2.45) is 0 Å². The Labute approximate surface area is 162 Å². The largest absolute Gasteiger partial charge is 0.496 e. The average molecular weight is 385 g/mol. The molecule has 1 fully saturated rings. The quantitative estimate of drug-likeness (QED) is 0.664. The van der Waals surface area contributed by atoms with Crippen LogP contribution in [0.15, 0.2) is 24.8 Å². The normalized spacial score (nSPS) is 16.3. The molecule has 4 rings (SSSR count). The average Bonchev–Trinajstić information content (AvgIpc) is 3.41. The summed E-state index contributed by atoms with van der Waals surface area (Å²) < 4.78 is 23.9. The molecule has 0 saturated carbocycles. The second kappa shape index (κ2) is 7.89. The van der Waals surface area contributed by atoms with Crippen molar-refractivity contribution in [3.63, 3.8) is 0 Å². The van der Waals surface area contributed by atoms with Gasteiger partial charge in [-0.15, -0.1) is 0 Å². The van der Waals surface area contributed by atoms with E-state index < -0.39 is 0 Å². The van der Waals surface area contributed by atoms with Crippen LogP contribution in [0.1, 0.15) is 24.6 Å². The number of ether oxygens (including phenoxy) is 4. The molecule has 1 unspecified atom stereocenters. The Kier molecular flexibility index (Phi) is 5.16. The van der Waals surface area contributed by atoms with Gasteiger partial charge in [0.05, 0.1) is 27.7 Å². The van der Waals surface area contributed by atoms with Crippen LogP contribution in [0.25, 0.3) is 11.2 Å². The van der Waals surface area contributed by atoms with Gasteiger partial charge >= 0.3 is 0 Å². The molecular formula is C19H23N5O4. The lowest BCUT2D eigenvalue weighted by Crippen LogP contribution is -2.08. The third-order valence-electron chi connectivity index (χ3n) is 4.81. The van der Waals surface area contributed by atoms with Gasteiger partial charge in [0.25, 0.3) is 0 Å². The molecule has 0 radical (unpaired) electrons. The molecule has 1 N–H and O–H groups in total. The Morgan fingerprint density at radius 3 is 2.57 bits per heavy atom. The monoisotopic (exact) mass is 385 g/mol. The van der Waals surface area contributed by atoms with Crippen molar-refractivity contribution in [3.05, 3.63) is 30.4 Å². The van der Waals surface area contributed by atoms with E-state index in [-0.39, 0.29) is 6.23 Å². The van der Waals surface area contributed by atoms with Crippen molar-refractivity contribution in [3.8, 4) is 17.2 Å². The van der Waals surface area contributed by atoms with E-state index in [1.165, 1.54) is 6.33 Å². The first-order valence-corrected chi connectivity index (χ1v) is 9.07. The van der Waals surface area contributed by atoms with Crippen molar-refractivity contribution in [1.29, 1.82) is 0 Å². The van der Waals surface area contributed by atoms with Crippen LogP contribution in [0, 0.1) is 0 Å². The second-order valence-corrected chi connectivity index (χ2v) is 6.39. The summed E-state index contributed by atoms with van der Waals surface area (Å²) in [6.07, 6.45) is 5.28. The summed E-state index contributed by atoms with van der Waals surface area (Å²) in [4.78, 5) is 13.3. The van der Waals surface area contributed by atoms with Gasteiger partial charge in [0.2, 0.25) is 0 Å². The van der Waals surface area contributed by atoms with Crippen LogP contribution < -0.4 is 19.5 Å². The Bertz CT molecular complexity index is 968. The molecule has 1 saturated heterocycles. The molecule has 1 aromatic carbocycles. The van der Waals surface area contributed by atoms with Crippen molar-refractivity contribution >= 4 is 17.0 Å². The second-order valence-electron chi connectivity index (χ2n) is 6.39. The Balaban J connectivity index is 1.61. The van der Waals surface area contributed by atoms with Gasteiger partial charge in [0.15, 0.2) is 28.5 Å². The molecular weight excluding hydrogens is 362 g/mol. The highest BCUT2D eigenvalue weighted by Crippen LogP contribution is 2.35. The number of nitrogens with zero attached hydrogens (tertiary/aromatic N) is 4. The predicted octanol–water partition coefficient (Wildman–Crippen LogP) is 2.77. The molecule has 3 aromatic rings. The van der Waals surface area contributed by atoms with Gasteiger partial charge in [-0.25, -0.2) is 15.0 Å². The Morgan fingerprint density at radius 2 is 1.86 bits per heavy atom. The summed E-state index contributed by atoms with van der Waals surface area (Å²) in [5.41, 5.74) is 2.37. The minimum Gasteiger partial charge on any atom is -0.496 e. The number of aromatic nitrogens is 4. The van der Waals surface area contributed by atoms with Crippen LogP contribution in [0.3, 0.4) is 0 Å². The van der Waals surface area contributed by atoms with Gasteiger partial charge in [-0.05, 0) is 18.9 Å². The molecule has 1 aliphatic heterocycles. The van der Waals surface area contributed by atoms with E-state index in [0.717, 1.165) is 30.7 Å². The van der Waals surface area contributed by atoms with Crippen molar-refractivity contribution in [2.75, 3.05) is 33.3 Å². The van der Waals surface area contributed by atoms with E-state index in [0.29, 0.717) is 35.1 Å². The number of anilines is 1. The zero-order valence-corrected chi connectivity index (χ0v) is 16.1. The van der Waals surface area contributed by atoms with E-state index in [4.69, 9.17) is 18.9 Å². The first-order valence-electron chi connectivity index (χ1n) is 9.07. The minimum absolute atomic E-state index is 0.0151. The number of imidazole rings is 1. The Hall–Kier alpha value is -3.07. The van der Waals surface area contributed by atoms with E-state index in [1.54, 1.807) is 33.7 Å². The van der Waals surface area contributed by atoms with E-state index in [2.05, 4.69) is 20.3 Å². The highest BCUT2D eigenvalue weighted by atomic mass is 16.5. The van der Waals surface area contributed by atoms with Gasteiger partial charge in [0.1, 0.15) is 18.3 Å². The van der Waals surface area contributed by atoms with Crippen LogP contribution in [0.4, 0.5) is 5.82 Å². The lowest BCUT2D eigenvalue weighted by atomic mass is 10.1. The topological polar surface area (TPSA) is 92.5 Å². The van der Waals surface area contributed by atoms with Crippen LogP contribution in [0.5, 0.6) is 17.2 Å². The highest BCUT2D eigenvalue weighted by Gasteiger charge is 2.21. The number of benzene rings is 1. The Morgan fingerprint density at radius 1 is 1.07 bits per heavy atom. The molecule has 0 amide bonds. The lowest BCUT2D eigenvalue weighted by Gasteiger charge is -2.15. The van der Waals surface area contributed by atoms with Crippen LogP contribution >= 0.6 is 0 Å². The van der Waals surface area contributed by atoms with Crippen LogP contribution in [0.2, 0.25) is 0 Å². The van der Waals surface area contributed by atoms with E-state index in [1.807, 2.05) is 10.6 Å². The van der Waals surface area contributed by atoms with Gasteiger partial charge in [-0.3, -0.25) is 4.57 Å². The summed E-state index contributed by atoms with van der Waals surface area (Å²) >= 11 is 0. The van der Waals surface area contributed by atoms with Crippen molar-refractivity contribution in [2.45, 2.75) is 25.6 Å². The number of hydrogen-bond donors (Lipinski definition) is 1. The summed E-state index contributed by atoms with van der Waals surface area (Å²) in [5.74, 6) is 2.59. The zero-order valence-electron chi connectivity index (χ0n) is 16.1. The fourth-order valence-corrected chi connectivity index (χ4v) is 3.38. The molecule has 0 aliphatic carbocycles. The maximum absolute atomic E-state index is 5.75. The molecule has 28 heavy (non-hydrogen) atoms. The van der Waals surface area contributed by atoms with Gasteiger partial charge in [-0.1, -0.05) is 0 Å². The summed E-state index contributed by atoms with van der Waals surface area (Å²) in [6.45, 7) is 1.24. The standard InChI is InChI=1S/C19H23N5O4/c1-25-13-8-15(27-3)14(26-2)7-12(13)9-20-18-17-19(22-10-21-18)24(11-23-17)16-5-4-6-28-16/h7-8,10-11,16H,4-6,9H2,1-3H3,(H,20,21,22). The summed E-state index contributed by atoms with van der Waals surface area (Å²) in [6, 6.07) is 3.69. The molecule has 0 spiro atoms. The first-order chi connectivity index (χ1) is 13.7. The molecule has 3 heterocycles. The fraction of sp³-hybridized carbons (Fsp3) is 0.421.